The van der Waals surface area contributed by atoms with Crippen LogP contribution in [0.15, 0.2) is 0 Å². The molecule has 0 radical (unpaired) electrons. The lowest BCUT2D eigenvalue weighted by Gasteiger charge is -2.27. The molecule has 0 heterocycles. The van der Waals surface area contributed by atoms with E-state index in [1.165, 1.54) is 25.7 Å². The zero-order valence-electron chi connectivity index (χ0n) is 15.5. The Balaban J connectivity index is 2.68. The summed E-state index contributed by atoms with van der Waals surface area (Å²) in [7, 11) is -3.86. The van der Waals surface area contributed by atoms with E-state index in [1.54, 1.807) is 20.8 Å². The molecule has 0 spiro atoms. The van der Waals surface area contributed by atoms with Gasteiger partial charge in [-0.1, -0.05) is 59.8 Å². The quantitative estimate of drug-likeness (QED) is 0.225. The Hall–Kier alpha value is -1.00. The van der Waals surface area contributed by atoms with Crippen molar-refractivity contribution in [2.45, 2.75) is 90.7 Å². The van der Waals surface area contributed by atoms with Crippen LogP contribution in [0.1, 0.15) is 85.5 Å². The summed E-state index contributed by atoms with van der Waals surface area (Å²) in [6, 6.07) is 0. The first-order valence-corrected chi connectivity index (χ1v) is 10.7. The van der Waals surface area contributed by atoms with Crippen LogP contribution < -0.4 is 0 Å². The number of hydrogen-bond donors (Lipinski definition) is 0. The van der Waals surface area contributed by atoms with Crippen molar-refractivity contribution < 1.29 is 18.0 Å². The fourth-order valence-corrected chi connectivity index (χ4v) is 5.19. The summed E-state index contributed by atoms with van der Waals surface area (Å²) in [4.78, 5) is 15.2. The van der Waals surface area contributed by atoms with E-state index >= 15 is 0 Å². The third-order valence-corrected chi connectivity index (χ3v) is 7.09. The minimum Gasteiger partial charge on any atom is -0.360 e. The molecule has 0 aromatic rings. The lowest BCUT2D eigenvalue weighted by molar-refractivity contribution is -0.123. The topological polar surface area (TPSA) is 87.6 Å². The molecule has 0 aromatic heterocycles. The predicted octanol–water partition coefficient (Wildman–Crippen LogP) is 4.17. The van der Waals surface area contributed by atoms with E-state index in [0.29, 0.717) is 18.8 Å². The number of rotatable bonds is 7. The van der Waals surface area contributed by atoms with Crippen LogP contribution in [0, 0.1) is 11.3 Å². The van der Waals surface area contributed by atoms with E-state index in [4.69, 9.17) is 5.53 Å². The highest BCUT2D eigenvalue weighted by Gasteiger charge is 2.46. The molecule has 0 bridgehead atoms. The summed E-state index contributed by atoms with van der Waals surface area (Å²) in [5.74, 6) is -0.0344. The summed E-state index contributed by atoms with van der Waals surface area (Å²) in [6.45, 7) is 7.07. The van der Waals surface area contributed by atoms with Gasteiger partial charge in [0.2, 0.25) is 0 Å². The van der Waals surface area contributed by atoms with Crippen LogP contribution in [0.3, 0.4) is 0 Å². The first-order chi connectivity index (χ1) is 11.1. The molecule has 0 N–H and O–H groups in total. The first kappa shape index (κ1) is 21.0. The lowest BCUT2D eigenvalue weighted by atomic mass is 9.85. The van der Waals surface area contributed by atoms with Crippen molar-refractivity contribution in [1.29, 1.82) is 0 Å². The molecular weight excluding hydrogens is 324 g/mol. The Kier molecular flexibility index (Phi) is 7.81. The van der Waals surface area contributed by atoms with E-state index in [2.05, 4.69) is 11.7 Å². The maximum absolute atomic E-state index is 12.7. The molecule has 0 aliphatic heterocycles. The molecule has 0 aromatic carbocycles. The van der Waals surface area contributed by atoms with Crippen molar-refractivity contribution in [2.24, 2.45) is 11.3 Å². The average Bonchev–Trinajstić information content (AvgIpc) is 2.51. The normalized spacial score (nSPS) is 22.0. The van der Waals surface area contributed by atoms with Gasteiger partial charge in [-0.2, -0.15) is 0 Å². The van der Waals surface area contributed by atoms with Gasteiger partial charge in [0, 0.05) is 5.41 Å². The van der Waals surface area contributed by atoms with Gasteiger partial charge in [-0.25, -0.2) is 8.42 Å². The maximum atomic E-state index is 12.7. The van der Waals surface area contributed by atoms with Gasteiger partial charge in [-0.3, -0.25) is 4.79 Å². The molecule has 138 valence electrons. The average molecular weight is 357 g/mol. The highest BCUT2D eigenvalue weighted by atomic mass is 32.2. The number of nitrogens with zero attached hydrogens (tertiary/aromatic N) is 2. The van der Waals surface area contributed by atoms with Gasteiger partial charge in [-0.15, -0.1) is 4.79 Å². The second-order valence-corrected chi connectivity index (χ2v) is 10.2. The number of carbonyl (C=O) groups is 1. The maximum Gasteiger partial charge on any atom is 0.448 e. The highest BCUT2D eigenvalue weighted by Crippen LogP contribution is 2.33. The molecule has 5 nitrogen and oxygen atoms in total. The van der Waals surface area contributed by atoms with Crippen LogP contribution >= 0.6 is 0 Å². The molecule has 24 heavy (non-hydrogen) atoms. The zero-order valence-corrected chi connectivity index (χ0v) is 16.4. The Labute approximate surface area is 146 Å². The number of unbranched alkanes of at least 4 members (excludes halogenated alkanes) is 3. The zero-order chi connectivity index (χ0) is 18.4. The molecule has 0 unspecified atom stereocenters. The Morgan fingerprint density at radius 2 is 1.67 bits per heavy atom. The van der Waals surface area contributed by atoms with Crippen molar-refractivity contribution in [3.05, 3.63) is 5.53 Å². The second kappa shape index (κ2) is 8.91. The molecule has 0 saturated heterocycles. The van der Waals surface area contributed by atoms with Crippen molar-refractivity contribution in [2.75, 3.05) is 0 Å². The van der Waals surface area contributed by atoms with Gasteiger partial charge in [0.05, 0.1) is 5.25 Å². The van der Waals surface area contributed by atoms with Crippen LogP contribution in [0.5, 0.6) is 0 Å². The predicted molar refractivity (Wildman–Crippen MR) is 96.5 cm³/mol. The SMILES string of the molecule is CCCCCCC1CCC(S(=O)(=O)C(=[N+]=[N-])C(=O)C(C)(C)C)CC1. The van der Waals surface area contributed by atoms with E-state index in [-0.39, 0.29) is 0 Å². The van der Waals surface area contributed by atoms with Gasteiger partial charge in [0.15, 0.2) is 0 Å². The largest absolute Gasteiger partial charge is 0.448 e. The van der Waals surface area contributed by atoms with E-state index in [0.717, 1.165) is 19.3 Å². The first-order valence-electron chi connectivity index (χ1n) is 9.15. The second-order valence-electron chi connectivity index (χ2n) is 8.02. The van der Waals surface area contributed by atoms with Gasteiger partial charge >= 0.3 is 5.04 Å². The number of ketones is 1. The summed E-state index contributed by atoms with van der Waals surface area (Å²) < 4.78 is 25.4. The number of hydrogen-bond acceptors (Lipinski definition) is 3. The van der Waals surface area contributed by atoms with Crippen LogP contribution in [0.4, 0.5) is 0 Å². The Morgan fingerprint density at radius 1 is 1.08 bits per heavy atom. The molecule has 0 amide bonds. The lowest BCUT2D eigenvalue weighted by Crippen LogP contribution is -2.41. The fourth-order valence-electron chi connectivity index (χ4n) is 3.30. The van der Waals surface area contributed by atoms with Gasteiger partial charge < -0.3 is 5.53 Å². The van der Waals surface area contributed by atoms with Crippen molar-refractivity contribution in [3.63, 3.8) is 0 Å². The summed E-state index contributed by atoms with van der Waals surface area (Å²) in [6.07, 6.45) is 8.95. The van der Waals surface area contributed by atoms with Crippen molar-refractivity contribution in [3.8, 4) is 0 Å². The molecule has 1 aliphatic rings. The standard InChI is InChI=1S/C18H32N2O3S/c1-5-6-7-8-9-14-10-12-15(13-11-14)24(22,23)17(20-19)16(21)18(2,3)4/h14-15H,5-13H2,1-4H3. The van der Waals surface area contributed by atoms with Crippen LogP contribution in [-0.2, 0) is 14.6 Å². The number of Topliss-reactive ketones (excluding diaryl/α,β-unsaturated/α-hetero) is 1. The summed E-state index contributed by atoms with van der Waals surface area (Å²) >= 11 is 0. The van der Waals surface area contributed by atoms with Crippen LogP contribution in [0.2, 0.25) is 0 Å². The third kappa shape index (κ3) is 5.52. The molecule has 6 heteroatoms. The molecule has 1 rings (SSSR count). The molecule has 1 fully saturated rings. The van der Waals surface area contributed by atoms with Gasteiger partial charge in [-0.05, 0) is 31.6 Å². The van der Waals surface area contributed by atoms with Crippen molar-refractivity contribution >= 4 is 20.7 Å². The van der Waals surface area contributed by atoms with E-state index < -0.39 is 31.3 Å². The Bertz CT molecular complexity index is 576. The van der Waals surface area contributed by atoms with Gasteiger partial charge in [0.25, 0.3) is 15.6 Å². The van der Waals surface area contributed by atoms with Crippen LogP contribution in [0.25, 0.3) is 5.53 Å². The molecule has 0 atom stereocenters. The molecule has 1 aliphatic carbocycles. The monoisotopic (exact) mass is 356 g/mol. The highest BCUT2D eigenvalue weighted by molar-refractivity contribution is 8.08. The Morgan fingerprint density at radius 3 is 2.12 bits per heavy atom. The molecule has 1 saturated carbocycles. The number of sulfone groups is 1. The third-order valence-electron chi connectivity index (χ3n) is 4.93. The summed E-state index contributed by atoms with van der Waals surface area (Å²) in [5, 5.41) is -1.26. The minimum absolute atomic E-state index is 0.553. The smallest absolute Gasteiger partial charge is 0.360 e. The van der Waals surface area contributed by atoms with E-state index in [1.807, 2.05) is 0 Å². The minimum atomic E-state index is -3.86. The van der Waals surface area contributed by atoms with E-state index in [9.17, 15) is 13.2 Å². The number of carbonyl (C=O) groups excluding carboxylic acids is 1. The van der Waals surface area contributed by atoms with Crippen LogP contribution in [-0.4, -0.2) is 29.3 Å². The van der Waals surface area contributed by atoms with Gasteiger partial charge in [0.1, 0.15) is 0 Å². The summed E-state index contributed by atoms with van der Waals surface area (Å²) in [5.41, 5.74) is 8.25. The van der Waals surface area contributed by atoms with Crippen molar-refractivity contribution in [1.82, 2.24) is 0 Å². The fraction of sp³-hybridized carbons (Fsp3) is 0.889. The molecular formula is C18H32N2O3S.